The van der Waals surface area contributed by atoms with Crippen LogP contribution >= 0.6 is 0 Å². The zero-order valence-corrected chi connectivity index (χ0v) is 9.26. The number of rotatable bonds is 3. The average Bonchev–Trinajstić information content (AvgIpc) is 1.95. The van der Waals surface area contributed by atoms with Crippen molar-refractivity contribution in [3.8, 4) is 0 Å². The molecule has 0 aliphatic carbocycles. The van der Waals surface area contributed by atoms with E-state index in [1.54, 1.807) is 20.8 Å². The highest BCUT2D eigenvalue weighted by Crippen LogP contribution is 2.10. The van der Waals surface area contributed by atoms with Crippen molar-refractivity contribution in [1.82, 2.24) is 5.01 Å². The van der Waals surface area contributed by atoms with E-state index in [1.807, 2.05) is 0 Å². The molecular formula is C8H16N2O5. The Labute approximate surface area is 87.7 Å². The molecule has 0 aromatic heterocycles. The van der Waals surface area contributed by atoms with Gasteiger partial charge in [-0.15, -0.1) is 0 Å². The van der Waals surface area contributed by atoms with Crippen LogP contribution in [-0.2, 0) is 4.74 Å². The molecule has 0 fully saturated rings. The number of nitro groups is 1. The Hall–Kier alpha value is -1.37. The highest BCUT2D eigenvalue weighted by Gasteiger charge is 2.30. The van der Waals surface area contributed by atoms with E-state index in [-0.39, 0.29) is 5.01 Å². The minimum atomic E-state index is -1.08. The Morgan fingerprint density at radius 1 is 1.60 bits per heavy atom. The van der Waals surface area contributed by atoms with Gasteiger partial charge in [0.15, 0.2) is 5.03 Å². The summed E-state index contributed by atoms with van der Waals surface area (Å²) in [6.45, 7) is 5.75. The molecule has 7 nitrogen and oxygen atoms in total. The maximum atomic E-state index is 11.3. The first-order valence-corrected chi connectivity index (χ1v) is 4.46. The Morgan fingerprint density at radius 3 is 2.33 bits per heavy atom. The molecule has 1 amide bonds. The number of hydrazine groups is 1. The fourth-order valence-electron chi connectivity index (χ4n) is 0.773. The van der Waals surface area contributed by atoms with Gasteiger partial charge in [0.2, 0.25) is 0 Å². The number of ether oxygens (including phenoxy) is 1. The van der Waals surface area contributed by atoms with Crippen LogP contribution in [0.25, 0.3) is 0 Å². The summed E-state index contributed by atoms with van der Waals surface area (Å²) < 4.78 is 4.80. The van der Waals surface area contributed by atoms with Crippen LogP contribution in [0.2, 0.25) is 0 Å². The molecule has 0 aliphatic rings. The van der Waals surface area contributed by atoms with Crippen molar-refractivity contribution in [3.63, 3.8) is 0 Å². The van der Waals surface area contributed by atoms with Gasteiger partial charge < -0.3 is 9.84 Å². The van der Waals surface area contributed by atoms with Crippen molar-refractivity contribution in [2.75, 3.05) is 6.54 Å². The standard InChI is InChI=1S/C8H16N2O5/c1-6(11)5-9(10(13)14)7(12)15-8(2,3)4/h6,11H,5H2,1-4H3. The van der Waals surface area contributed by atoms with Crippen molar-refractivity contribution in [2.24, 2.45) is 0 Å². The van der Waals surface area contributed by atoms with Gasteiger partial charge in [0, 0.05) is 0 Å². The van der Waals surface area contributed by atoms with Crippen LogP contribution in [0.1, 0.15) is 27.7 Å². The molecule has 0 saturated carbocycles. The van der Waals surface area contributed by atoms with Gasteiger partial charge in [0.05, 0.1) is 6.10 Å². The highest BCUT2D eigenvalue weighted by atomic mass is 16.7. The maximum Gasteiger partial charge on any atom is 0.468 e. The summed E-state index contributed by atoms with van der Waals surface area (Å²) in [5, 5.41) is 18.8. The molecule has 88 valence electrons. The van der Waals surface area contributed by atoms with Crippen LogP contribution in [0.4, 0.5) is 4.79 Å². The summed E-state index contributed by atoms with van der Waals surface area (Å²) in [5.41, 5.74) is -0.802. The summed E-state index contributed by atoms with van der Waals surface area (Å²) in [5.74, 6) is 0. The van der Waals surface area contributed by atoms with Crippen molar-refractivity contribution in [2.45, 2.75) is 39.4 Å². The second-order valence-corrected chi connectivity index (χ2v) is 4.15. The molecule has 0 aromatic carbocycles. The van der Waals surface area contributed by atoms with Gasteiger partial charge in [0.25, 0.3) is 0 Å². The third kappa shape index (κ3) is 5.84. The van der Waals surface area contributed by atoms with E-state index in [1.165, 1.54) is 6.92 Å². The van der Waals surface area contributed by atoms with E-state index in [9.17, 15) is 14.9 Å². The molecule has 0 radical (unpaired) electrons. The number of aliphatic hydroxyl groups is 1. The zero-order chi connectivity index (χ0) is 12.2. The Bertz CT molecular complexity index is 246. The van der Waals surface area contributed by atoms with Crippen molar-refractivity contribution in [1.29, 1.82) is 0 Å². The Kier molecular flexibility index (Phi) is 4.47. The molecular weight excluding hydrogens is 204 g/mol. The lowest BCUT2D eigenvalue weighted by Gasteiger charge is -2.22. The zero-order valence-electron chi connectivity index (χ0n) is 9.26. The third-order valence-electron chi connectivity index (χ3n) is 1.24. The largest absolute Gasteiger partial charge is 0.468 e. The molecule has 0 rings (SSSR count). The molecule has 0 heterocycles. The van der Waals surface area contributed by atoms with E-state index >= 15 is 0 Å². The minimum absolute atomic E-state index is 0.246. The molecule has 0 aliphatic heterocycles. The monoisotopic (exact) mass is 220 g/mol. The minimum Gasteiger partial charge on any atom is -0.440 e. The average molecular weight is 220 g/mol. The normalized spacial score (nSPS) is 13.1. The SMILES string of the molecule is CC(O)CN(C(=O)OC(C)(C)C)[N+](=O)[O-]. The molecule has 0 bridgehead atoms. The molecule has 0 saturated heterocycles. The molecule has 0 spiro atoms. The number of aliphatic hydroxyl groups excluding tert-OH is 1. The fourth-order valence-corrected chi connectivity index (χ4v) is 0.773. The van der Waals surface area contributed by atoms with Crippen LogP contribution in [0, 0.1) is 10.1 Å². The van der Waals surface area contributed by atoms with Crippen molar-refractivity contribution in [3.05, 3.63) is 10.1 Å². The number of nitrogens with zero attached hydrogens (tertiary/aromatic N) is 2. The van der Waals surface area contributed by atoms with Gasteiger partial charge in [-0.25, -0.2) is 14.9 Å². The summed E-state index contributed by atoms with van der Waals surface area (Å²) in [6, 6.07) is 0. The number of hydrogen-bond acceptors (Lipinski definition) is 5. The van der Waals surface area contributed by atoms with Gasteiger partial charge in [-0.3, -0.25) is 0 Å². The van der Waals surface area contributed by atoms with Crippen LogP contribution in [-0.4, -0.2) is 39.5 Å². The highest BCUT2D eigenvalue weighted by molar-refractivity contribution is 5.66. The first-order chi connectivity index (χ1) is 6.63. The first kappa shape index (κ1) is 13.6. The van der Waals surface area contributed by atoms with Gasteiger partial charge in [-0.2, -0.15) is 0 Å². The lowest BCUT2D eigenvalue weighted by Crippen LogP contribution is -2.43. The lowest BCUT2D eigenvalue weighted by atomic mass is 10.2. The number of carbonyl (C=O) groups is 1. The topological polar surface area (TPSA) is 92.9 Å². The summed E-state index contributed by atoms with van der Waals surface area (Å²) >= 11 is 0. The lowest BCUT2D eigenvalue weighted by molar-refractivity contribution is -0.637. The van der Waals surface area contributed by atoms with Crippen molar-refractivity contribution < 1.29 is 19.7 Å². The fraction of sp³-hybridized carbons (Fsp3) is 0.875. The van der Waals surface area contributed by atoms with Gasteiger partial charge in [-0.1, -0.05) is 0 Å². The second-order valence-electron chi connectivity index (χ2n) is 4.15. The van der Waals surface area contributed by atoms with Gasteiger partial charge >= 0.3 is 6.09 Å². The number of amides is 1. The second kappa shape index (κ2) is 4.92. The van der Waals surface area contributed by atoms with Crippen LogP contribution in [0.15, 0.2) is 0 Å². The van der Waals surface area contributed by atoms with Gasteiger partial charge in [0.1, 0.15) is 12.1 Å². The molecule has 1 unspecified atom stereocenters. The summed E-state index contributed by atoms with van der Waals surface area (Å²) in [6.07, 6.45) is -2.06. The smallest absolute Gasteiger partial charge is 0.440 e. The molecule has 1 N–H and O–H groups in total. The molecule has 0 aromatic rings. The predicted molar refractivity (Wildman–Crippen MR) is 51.6 cm³/mol. The van der Waals surface area contributed by atoms with Crippen LogP contribution < -0.4 is 0 Å². The van der Waals surface area contributed by atoms with E-state index in [0.29, 0.717) is 0 Å². The molecule has 15 heavy (non-hydrogen) atoms. The number of hydrogen-bond donors (Lipinski definition) is 1. The Balaban J connectivity index is 4.50. The predicted octanol–water partition coefficient (Wildman–Crippen LogP) is 0.796. The van der Waals surface area contributed by atoms with E-state index in [2.05, 4.69) is 0 Å². The first-order valence-electron chi connectivity index (χ1n) is 4.46. The van der Waals surface area contributed by atoms with Crippen LogP contribution in [0.3, 0.4) is 0 Å². The summed E-state index contributed by atoms with van der Waals surface area (Å²) in [4.78, 5) is 21.8. The maximum absolute atomic E-state index is 11.3. The van der Waals surface area contributed by atoms with Crippen molar-refractivity contribution >= 4 is 6.09 Å². The van der Waals surface area contributed by atoms with Gasteiger partial charge in [-0.05, 0) is 32.7 Å². The molecule has 7 heteroatoms. The number of carbonyl (C=O) groups excluding carboxylic acids is 1. The van der Waals surface area contributed by atoms with E-state index < -0.39 is 29.4 Å². The van der Waals surface area contributed by atoms with Crippen LogP contribution in [0.5, 0.6) is 0 Å². The van der Waals surface area contributed by atoms with E-state index in [0.717, 1.165) is 0 Å². The van der Waals surface area contributed by atoms with E-state index in [4.69, 9.17) is 9.84 Å². The quantitative estimate of drug-likeness (QED) is 0.560. The third-order valence-corrected chi connectivity index (χ3v) is 1.24. The molecule has 1 atom stereocenters. The summed E-state index contributed by atoms with van der Waals surface area (Å²) in [7, 11) is 0. The Morgan fingerprint density at radius 2 is 2.07 bits per heavy atom.